The van der Waals surface area contributed by atoms with Gasteiger partial charge in [0.05, 0.1) is 24.5 Å². The van der Waals surface area contributed by atoms with Crippen molar-refractivity contribution in [1.29, 1.82) is 0 Å². The Kier molecular flexibility index (Phi) is 6.73. The lowest BCUT2D eigenvalue weighted by Gasteiger charge is -2.25. The zero-order chi connectivity index (χ0) is 14.3. The minimum absolute atomic E-state index is 0.276. The lowest BCUT2D eigenvalue weighted by atomic mass is 10.2. The number of hydrogen-bond acceptors (Lipinski definition) is 5. The first-order chi connectivity index (χ1) is 9.04. The largest absolute Gasteiger partial charge is 0.383 e. The summed E-state index contributed by atoms with van der Waals surface area (Å²) in [6.45, 7) is 8.90. The number of hydrogen-bond donors (Lipinski definition) is 1. The predicted molar refractivity (Wildman–Crippen MR) is 78.3 cm³/mol. The molecule has 0 aromatic carbocycles. The first kappa shape index (κ1) is 15.9. The number of ether oxygens (including phenoxy) is 1. The summed E-state index contributed by atoms with van der Waals surface area (Å²) in [6.07, 6.45) is 3.60. The van der Waals surface area contributed by atoms with E-state index >= 15 is 0 Å². The van der Waals surface area contributed by atoms with Crippen molar-refractivity contribution in [2.24, 2.45) is 5.92 Å². The molecule has 0 spiro atoms. The molecule has 5 heteroatoms. The molecule has 108 valence electrons. The zero-order valence-electron chi connectivity index (χ0n) is 12.7. The molecule has 1 aromatic rings. The molecule has 0 aliphatic rings. The SMILES string of the molecule is COCC(C)N(C)c1cncc(CNCC(C)C)n1. The van der Waals surface area contributed by atoms with Crippen molar-refractivity contribution in [3.63, 3.8) is 0 Å². The molecule has 1 heterocycles. The highest BCUT2D eigenvalue weighted by molar-refractivity contribution is 5.36. The van der Waals surface area contributed by atoms with Gasteiger partial charge in [0.1, 0.15) is 5.82 Å². The van der Waals surface area contributed by atoms with Crippen molar-refractivity contribution < 1.29 is 4.74 Å². The Morgan fingerprint density at radius 3 is 2.68 bits per heavy atom. The van der Waals surface area contributed by atoms with Gasteiger partial charge in [0.2, 0.25) is 0 Å². The highest BCUT2D eigenvalue weighted by Gasteiger charge is 2.11. The van der Waals surface area contributed by atoms with Crippen LogP contribution in [-0.2, 0) is 11.3 Å². The second-order valence-electron chi connectivity index (χ2n) is 5.31. The van der Waals surface area contributed by atoms with E-state index in [1.165, 1.54) is 0 Å². The molecule has 1 rings (SSSR count). The molecule has 0 aliphatic carbocycles. The summed E-state index contributed by atoms with van der Waals surface area (Å²) in [7, 11) is 3.72. The molecule has 0 amide bonds. The molecular formula is C14H26N4O. The normalized spacial score (nSPS) is 12.7. The second-order valence-corrected chi connectivity index (χ2v) is 5.31. The van der Waals surface area contributed by atoms with Gasteiger partial charge >= 0.3 is 0 Å². The van der Waals surface area contributed by atoms with Crippen molar-refractivity contribution in [3.8, 4) is 0 Å². The van der Waals surface area contributed by atoms with E-state index in [2.05, 4.69) is 41.0 Å². The van der Waals surface area contributed by atoms with Crippen LogP contribution in [0.5, 0.6) is 0 Å². The number of nitrogens with zero attached hydrogens (tertiary/aromatic N) is 3. The van der Waals surface area contributed by atoms with E-state index in [4.69, 9.17) is 4.74 Å². The van der Waals surface area contributed by atoms with E-state index in [0.29, 0.717) is 12.5 Å². The van der Waals surface area contributed by atoms with Gasteiger partial charge in [-0.3, -0.25) is 4.98 Å². The molecule has 1 aromatic heterocycles. The number of likely N-dealkylation sites (N-methyl/N-ethyl adjacent to an activating group) is 1. The third kappa shape index (κ3) is 5.53. The predicted octanol–water partition coefficient (Wildman–Crippen LogP) is 1.69. The Morgan fingerprint density at radius 2 is 2.05 bits per heavy atom. The van der Waals surface area contributed by atoms with Crippen molar-refractivity contribution >= 4 is 5.82 Å². The van der Waals surface area contributed by atoms with Gasteiger partial charge < -0.3 is 15.0 Å². The van der Waals surface area contributed by atoms with Gasteiger partial charge in [-0.05, 0) is 19.4 Å². The molecule has 0 saturated heterocycles. The van der Waals surface area contributed by atoms with Gasteiger partial charge in [-0.1, -0.05) is 13.8 Å². The molecule has 1 atom stereocenters. The molecule has 0 radical (unpaired) electrons. The van der Waals surface area contributed by atoms with E-state index in [1.807, 2.05) is 13.2 Å². The maximum absolute atomic E-state index is 5.17. The first-order valence-electron chi connectivity index (χ1n) is 6.78. The summed E-state index contributed by atoms with van der Waals surface area (Å²) >= 11 is 0. The Balaban J connectivity index is 2.60. The summed E-state index contributed by atoms with van der Waals surface area (Å²) in [4.78, 5) is 11.0. The summed E-state index contributed by atoms with van der Waals surface area (Å²) in [5, 5.41) is 3.38. The van der Waals surface area contributed by atoms with Crippen LogP contribution in [0.25, 0.3) is 0 Å². The van der Waals surface area contributed by atoms with Crippen molar-refractivity contribution in [1.82, 2.24) is 15.3 Å². The third-order valence-corrected chi connectivity index (χ3v) is 2.96. The van der Waals surface area contributed by atoms with Gasteiger partial charge in [-0.2, -0.15) is 0 Å². The topological polar surface area (TPSA) is 50.3 Å². The summed E-state index contributed by atoms with van der Waals surface area (Å²) in [5.41, 5.74) is 0.967. The molecular weight excluding hydrogens is 240 g/mol. The van der Waals surface area contributed by atoms with E-state index in [-0.39, 0.29) is 6.04 Å². The summed E-state index contributed by atoms with van der Waals surface area (Å²) in [5.74, 6) is 1.52. The Labute approximate surface area is 116 Å². The van der Waals surface area contributed by atoms with E-state index in [9.17, 15) is 0 Å². The van der Waals surface area contributed by atoms with Crippen molar-refractivity contribution in [2.45, 2.75) is 33.4 Å². The van der Waals surface area contributed by atoms with Gasteiger partial charge in [-0.15, -0.1) is 0 Å². The van der Waals surface area contributed by atoms with Crippen LogP contribution in [0.2, 0.25) is 0 Å². The maximum Gasteiger partial charge on any atom is 0.147 e. The second kappa shape index (κ2) is 8.07. The first-order valence-corrected chi connectivity index (χ1v) is 6.78. The number of anilines is 1. The van der Waals surface area contributed by atoms with Gasteiger partial charge in [-0.25, -0.2) is 4.98 Å². The number of rotatable bonds is 8. The van der Waals surface area contributed by atoms with Crippen LogP contribution in [0.15, 0.2) is 12.4 Å². The van der Waals surface area contributed by atoms with Crippen LogP contribution in [0.1, 0.15) is 26.5 Å². The Morgan fingerprint density at radius 1 is 1.32 bits per heavy atom. The van der Waals surface area contributed by atoms with Gasteiger partial charge in [0.15, 0.2) is 0 Å². The number of nitrogens with one attached hydrogen (secondary N) is 1. The molecule has 0 fully saturated rings. The van der Waals surface area contributed by atoms with Crippen LogP contribution in [0.3, 0.4) is 0 Å². The smallest absolute Gasteiger partial charge is 0.147 e. The molecule has 0 saturated carbocycles. The average Bonchev–Trinajstić information content (AvgIpc) is 2.38. The van der Waals surface area contributed by atoms with E-state index < -0.39 is 0 Å². The molecule has 0 aliphatic heterocycles. The van der Waals surface area contributed by atoms with Gasteiger partial charge in [0, 0.05) is 26.9 Å². The van der Waals surface area contributed by atoms with Crippen LogP contribution >= 0.6 is 0 Å². The molecule has 19 heavy (non-hydrogen) atoms. The van der Waals surface area contributed by atoms with Crippen LogP contribution in [0.4, 0.5) is 5.82 Å². The van der Waals surface area contributed by atoms with E-state index in [0.717, 1.165) is 24.6 Å². The van der Waals surface area contributed by atoms with Crippen LogP contribution < -0.4 is 10.2 Å². The zero-order valence-corrected chi connectivity index (χ0v) is 12.7. The van der Waals surface area contributed by atoms with Crippen LogP contribution in [-0.4, -0.2) is 43.3 Å². The van der Waals surface area contributed by atoms with E-state index in [1.54, 1.807) is 13.3 Å². The fourth-order valence-corrected chi connectivity index (χ4v) is 1.72. The van der Waals surface area contributed by atoms with Crippen molar-refractivity contribution in [3.05, 3.63) is 18.1 Å². The lowest BCUT2D eigenvalue weighted by Crippen LogP contribution is -2.33. The molecule has 5 nitrogen and oxygen atoms in total. The minimum atomic E-state index is 0.276. The Hall–Kier alpha value is -1.20. The highest BCUT2D eigenvalue weighted by atomic mass is 16.5. The van der Waals surface area contributed by atoms with Crippen molar-refractivity contribution in [2.75, 3.05) is 32.2 Å². The molecule has 1 N–H and O–H groups in total. The summed E-state index contributed by atoms with van der Waals surface area (Å²) < 4.78 is 5.17. The lowest BCUT2D eigenvalue weighted by molar-refractivity contribution is 0.183. The maximum atomic E-state index is 5.17. The number of aromatic nitrogens is 2. The highest BCUT2D eigenvalue weighted by Crippen LogP contribution is 2.11. The molecule has 0 bridgehead atoms. The fourth-order valence-electron chi connectivity index (χ4n) is 1.72. The minimum Gasteiger partial charge on any atom is -0.383 e. The number of methoxy groups -OCH3 is 1. The average molecular weight is 266 g/mol. The monoisotopic (exact) mass is 266 g/mol. The van der Waals surface area contributed by atoms with Gasteiger partial charge in [0.25, 0.3) is 0 Å². The quantitative estimate of drug-likeness (QED) is 0.776. The summed E-state index contributed by atoms with van der Waals surface area (Å²) in [6, 6.07) is 0.276. The standard InChI is InChI=1S/C14H26N4O/c1-11(2)6-15-7-13-8-16-9-14(17-13)18(4)12(3)10-19-5/h8-9,11-12,15H,6-7,10H2,1-5H3. The third-order valence-electron chi connectivity index (χ3n) is 2.96. The molecule has 1 unspecified atom stereocenters. The Bertz CT molecular complexity index is 370. The fraction of sp³-hybridized carbons (Fsp3) is 0.714. The van der Waals surface area contributed by atoms with Crippen LogP contribution in [0, 0.1) is 5.92 Å².